The summed E-state index contributed by atoms with van der Waals surface area (Å²) >= 11 is 0. The first-order valence-electron chi connectivity index (χ1n) is 15.5. The molecule has 1 saturated heterocycles. The van der Waals surface area contributed by atoms with E-state index in [2.05, 4.69) is 117 Å². The van der Waals surface area contributed by atoms with Gasteiger partial charge in [-0.1, -0.05) is 97.1 Å². The van der Waals surface area contributed by atoms with E-state index in [1.807, 2.05) is 12.1 Å². The maximum atomic E-state index is 13.9. The van der Waals surface area contributed by atoms with Crippen LogP contribution in [0.25, 0.3) is 0 Å². The van der Waals surface area contributed by atoms with Crippen molar-refractivity contribution in [2.24, 2.45) is 0 Å². The molecule has 1 amide bonds. The van der Waals surface area contributed by atoms with E-state index in [1.54, 1.807) is 0 Å². The molecule has 0 aromatic heterocycles. The van der Waals surface area contributed by atoms with Crippen LogP contribution in [0.2, 0.25) is 0 Å². The highest BCUT2D eigenvalue weighted by Crippen LogP contribution is 2.29. The summed E-state index contributed by atoms with van der Waals surface area (Å²) < 4.78 is 0. The Labute approximate surface area is 287 Å². The Kier molecular flexibility index (Phi) is 14.9. The number of piperazine rings is 1. The average molecular weight is 668 g/mol. The van der Waals surface area contributed by atoms with Gasteiger partial charge >= 0.3 is 0 Å². The lowest BCUT2D eigenvalue weighted by molar-refractivity contribution is 0.0673. The summed E-state index contributed by atoms with van der Waals surface area (Å²) in [5, 5.41) is 3.48. The molecule has 5 nitrogen and oxygen atoms in total. The summed E-state index contributed by atoms with van der Waals surface area (Å²) in [7, 11) is 0. The fourth-order valence-electron chi connectivity index (χ4n) is 6.44. The fourth-order valence-corrected chi connectivity index (χ4v) is 6.44. The third-order valence-corrected chi connectivity index (χ3v) is 8.79. The minimum atomic E-state index is 0. The molecule has 6 rings (SSSR count). The third-order valence-electron chi connectivity index (χ3n) is 8.79. The van der Waals surface area contributed by atoms with Gasteiger partial charge in [0.05, 0.1) is 6.04 Å². The summed E-state index contributed by atoms with van der Waals surface area (Å²) in [5.74, 6) is 0.130. The van der Waals surface area contributed by atoms with Gasteiger partial charge in [0.1, 0.15) is 0 Å². The second kappa shape index (κ2) is 18.3. The molecule has 2 aliphatic heterocycles. The lowest BCUT2D eigenvalue weighted by Gasteiger charge is -2.40. The van der Waals surface area contributed by atoms with Gasteiger partial charge < -0.3 is 10.2 Å². The van der Waals surface area contributed by atoms with Gasteiger partial charge in [0.2, 0.25) is 0 Å². The first-order chi connectivity index (χ1) is 20.7. The van der Waals surface area contributed by atoms with Crippen LogP contribution in [0, 0.1) is 0 Å². The number of hydrogen-bond donors (Lipinski definition) is 1. The zero-order chi connectivity index (χ0) is 28.6. The molecule has 0 radical (unpaired) electrons. The predicted octanol–water partition coefficient (Wildman–Crippen LogP) is 6.69. The maximum absolute atomic E-state index is 13.9. The molecule has 0 aliphatic carbocycles. The van der Waals surface area contributed by atoms with Crippen molar-refractivity contribution in [2.45, 2.75) is 25.4 Å². The van der Waals surface area contributed by atoms with E-state index in [0.29, 0.717) is 13.1 Å². The standard InChI is InChI=1S/C37H42N4O.3ClH/c42-37(35-17-16-31-18-20-38-21-19-34(31)28-35)41(29-30-10-4-1-5-11-30)27-24-39-22-25-40(26-23-39)36(32-12-6-2-7-13-32)33-14-8-3-9-15-33;;;/h1-17,28,36,38H,18-27,29H2;3*1H. The minimum absolute atomic E-state index is 0. The monoisotopic (exact) mass is 666 g/mol. The van der Waals surface area contributed by atoms with Crippen molar-refractivity contribution in [1.29, 1.82) is 0 Å². The van der Waals surface area contributed by atoms with Gasteiger partial charge in [-0.25, -0.2) is 0 Å². The zero-order valence-corrected chi connectivity index (χ0v) is 28.2. The van der Waals surface area contributed by atoms with Crippen molar-refractivity contribution >= 4 is 43.1 Å². The molecule has 0 spiro atoms. The van der Waals surface area contributed by atoms with Crippen LogP contribution >= 0.6 is 37.2 Å². The Morgan fingerprint density at radius 2 is 1.24 bits per heavy atom. The molecule has 0 unspecified atom stereocenters. The first kappa shape index (κ1) is 36.6. The molecule has 1 fully saturated rings. The number of nitrogens with zero attached hydrogens (tertiary/aromatic N) is 3. The van der Waals surface area contributed by atoms with E-state index in [4.69, 9.17) is 0 Å². The van der Waals surface area contributed by atoms with Gasteiger partial charge in [-0.05, 0) is 65.9 Å². The normalized spacial score (nSPS) is 15.0. The lowest BCUT2D eigenvalue weighted by atomic mass is 9.96. The lowest BCUT2D eigenvalue weighted by Crippen LogP contribution is -2.50. The van der Waals surface area contributed by atoms with Crippen molar-refractivity contribution in [3.05, 3.63) is 143 Å². The van der Waals surface area contributed by atoms with Gasteiger partial charge in [0.15, 0.2) is 0 Å². The average Bonchev–Trinajstić information content (AvgIpc) is 3.30. The number of benzene rings is 4. The third kappa shape index (κ3) is 9.55. The number of fused-ring (bicyclic) bond motifs is 1. The highest BCUT2D eigenvalue weighted by molar-refractivity contribution is 5.94. The van der Waals surface area contributed by atoms with Crippen LogP contribution in [0.3, 0.4) is 0 Å². The van der Waals surface area contributed by atoms with Gasteiger partial charge in [-0.2, -0.15) is 0 Å². The fraction of sp³-hybridized carbons (Fsp3) is 0.324. The van der Waals surface area contributed by atoms with Crippen molar-refractivity contribution in [3.8, 4) is 0 Å². The van der Waals surface area contributed by atoms with Crippen LogP contribution in [0.1, 0.15) is 44.2 Å². The first-order valence-corrected chi connectivity index (χ1v) is 15.5. The topological polar surface area (TPSA) is 38.8 Å². The minimum Gasteiger partial charge on any atom is -0.333 e. The summed E-state index contributed by atoms with van der Waals surface area (Å²) in [6.45, 7) is 8.19. The van der Waals surface area contributed by atoms with Crippen LogP contribution in [0.5, 0.6) is 0 Å². The molecular formula is C37H45Cl3N4O. The van der Waals surface area contributed by atoms with E-state index in [1.165, 1.54) is 27.8 Å². The number of carbonyl (C=O) groups is 1. The van der Waals surface area contributed by atoms with Crippen LogP contribution < -0.4 is 5.32 Å². The van der Waals surface area contributed by atoms with Crippen molar-refractivity contribution in [1.82, 2.24) is 20.0 Å². The molecule has 0 atom stereocenters. The molecule has 0 bridgehead atoms. The smallest absolute Gasteiger partial charge is 0.254 e. The maximum Gasteiger partial charge on any atom is 0.254 e. The molecule has 8 heteroatoms. The van der Waals surface area contributed by atoms with E-state index >= 15 is 0 Å². The van der Waals surface area contributed by atoms with Crippen LogP contribution in [0.15, 0.2) is 109 Å². The zero-order valence-electron chi connectivity index (χ0n) is 25.7. The SMILES string of the molecule is Cl.Cl.Cl.O=C(c1ccc2c(c1)CCNCC2)N(CCN1CCN(C(c2ccccc2)c2ccccc2)CC1)Cc1ccccc1. The highest BCUT2D eigenvalue weighted by atomic mass is 35.5. The summed E-state index contributed by atoms with van der Waals surface area (Å²) in [5.41, 5.74) is 7.34. The summed E-state index contributed by atoms with van der Waals surface area (Å²) in [6, 6.07) is 38.7. The van der Waals surface area contributed by atoms with Crippen molar-refractivity contribution in [2.75, 3.05) is 52.4 Å². The molecular weight excluding hydrogens is 623 g/mol. The molecule has 0 saturated carbocycles. The Morgan fingerprint density at radius 3 is 1.84 bits per heavy atom. The molecule has 45 heavy (non-hydrogen) atoms. The van der Waals surface area contributed by atoms with E-state index in [9.17, 15) is 4.79 Å². The number of halogens is 3. The predicted molar refractivity (Wildman–Crippen MR) is 192 cm³/mol. The van der Waals surface area contributed by atoms with Crippen LogP contribution in [-0.2, 0) is 19.4 Å². The molecule has 4 aromatic rings. The molecule has 2 heterocycles. The molecule has 240 valence electrons. The second-order valence-corrected chi connectivity index (χ2v) is 11.5. The number of hydrogen-bond acceptors (Lipinski definition) is 4. The number of amides is 1. The van der Waals surface area contributed by atoms with E-state index in [-0.39, 0.29) is 49.2 Å². The number of carbonyl (C=O) groups excluding carboxylic acids is 1. The second-order valence-electron chi connectivity index (χ2n) is 11.5. The number of nitrogens with one attached hydrogen (secondary N) is 1. The highest BCUT2D eigenvalue weighted by Gasteiger charge is 2.27. The largest absolute Gasteiger partial charge is 0.333 e. The van der Waals surface area contributed by atoms with E-state index < -0.39 is 0 Å². The summed E-state index contributed by atoms with van der Waals surface area (Å²) in [6.07, 6.45) is 2.01. The van der Waals surface area contributed by atoms with E-state index in [0.717, 1.165) is 64.2 Å². The summed E-state index contributed by atoms with van der Waals surface area (Å²) in [4.78, 5) is 21.1. The Morgan fingerprint density at radius 1 is 0.689 bits per heavy atom. The quantitative estimate of drug-likeness (QED) is 0.216. The molecule has 2 aliphatic rings. The molecule has 4 aromatic carbocycles. The van der Waals surface area contributed by atoms with Crippen LogP contribution in [-0.4, -0.2) is 73.0 Å². The Hall–Kier alpha value is -2.90. The van der Waals surface area contributed by atoms with Crippen molar-refractivity contribution in [3.63, 3.8) is 0 Å². The Balaban J connectivity index is 0.00000184. The van der Waals surface area contributed by atoms with Gasteiger partial charge in [0.25, 0.3) is 5.91 Å². The van der Waals surface area contributed by atoms with Gasteiger partial charge in [0, 0.05) is 51.4 Å². The van der Waals surface area contributed by atoms with Crippen molar-refractivity contribution < 1.29 is 4.79 Å². The number of rotatable bonds is 9. The molecule has 1 N–H and O–H groups in total. The Bertz CT molecular complexity index is 1390. The van der Waals surface area contributed by atoms with Gasteiger partial charge in [-0.3, -0.25) is 14.6 Å². The van der Waals surface area contributed by atoms with Crippen LogP contribution in [0.4, 0.5) is 0 Å². The van der Waals surface area contributed by atoms with Gasteiger partial charge in [-0.15, -0.1) is 37.2 Å².